The molecule has 0 saturated heterocycles. The molecule has 2 heterocycles. The van der Waals surface area contributed by atoms with Crippen molar-refractivity contribution in [2.24, 2.45) is 0 Å². The van der Waals surface area contributed by atoms with E-state index < -0.39 is 0 Å². The SMILES string of the molecule is C=CCOC(=O)N1CCc2c(noc2-c2ccc(Cl)cc2)C1. The number of ether oxygens (including phenoxy) is 1. The summed E-state index contributed by atoms with van der Waals surface area (Å²) >= 11 is 5.90. The Bertz CT molecular complexity index is 694. The first-order chi connectivity index (χ1) is 10.7. The van der Waals surface area contributed by atoms with E-state index in [1.165, 1.54) is 0 Å². The highest BCUT2D eigenvalue weighted by Crippen LogP contribution is 2.31. The fraction of sp³-hybridized carbons (Fsp3) is 0.250. The molecule has 0 bridgehead atoms. The highest BCUT2D eigenvalue weighted by atomic mass is 35.5. The van der Waals surface area contributed by atoms with Crippen LogP contribution in [0.4, 0.5) is 4.79 Å². The van der Waals surface area contributed by atoms with E-state index in [4.69, 9.17) is 20.9 Å². The number of fused-ring (bicyclic) bond motifs is 1. The zero-order chi connectivity index (χ0) is 15.5. The molecule has 1 aromatic heterocycles. The third-order valence-electron chi connectivity index (χ3n) is 3.53. The van der Waals surface area contributed by atoms with E-state index in [1.54, 1.807) is 11.0 Å². The summed E-state index contributed by atoms with van der Waals surface area (Å²) in [4.78, 5) is 13.5. The van der Waals surface area contributed by atoms with Crippen molar-refractivity contribution in [2.45, 2.75) is 13.0 Å². The van der Waals surface area contributed by atoms with Crippen LogP contribution in [0.3, 0.4) is 0 Å². The lowest BCUT2D eigenvalue weighted by Gasteiger charge is -2.25. The van der Waals surface area contributed by atoms with Crippen molar-refractivity contribution in [1.29, 1.82) is 0 Å². The summed E-state index contributed by atoms with van der Waals surface area (Å²) < 4.78 is 10.5. The van der Waals surface area contributed by atoms with Gasteiger partial charge in [0.05, 0.1) is 6.54 Å². The van der Waals surface area contributed by atoms with Crippen LogP contribution in [0, 0.1) is 0 Å². The fourth-order valence-corrected chi connectivity index (χ4v) is 2.56. The lowest BCUT2D eigenvalue weighted by Crippen LogP contribution is -2.36. The molecule has 2 aromatic rings. The minimum absolute atomic E-state index is 0.205. The predicted molar refractivity (Wildman–Crippen MR) is 82.6 cm³/mol. The molecule has 0 unspecified atom stereocenters. The molecule has 1 aliphatic heterocycles. The smallest absolute Gasteiger partial charge is 0.410 e. The summed E-state index contributed by atoms with van der Waals surface area (Å²) in [6, 6.07) is 7.42. The summed E-state index contributed by atoms with van der Waals surface area (Å²) in [5.41, 5.74) is 2.74. The standard InChI is InChI=1S/C16H15ClN2O3/c1-2-9-21-16(20)19-8-7-13-14(10-19)18-22-15(13)11-3-5-12(17)6-4-11/h2-6H,1,7-10H2. The van der Waals surface area contributed by atoms with Crippen LogP contribution in [0.2, 0.25) is 5.02 Å². The van der Waals surface area contributed by atoms with Gasteiger partial charge < -0.3 is 14.2 Å². The number of hydrogen-bond acceptors (Lipinski definition) is 4. The summed E-state index contributed by atoms with van der Waals surface area (Å²) in [7, 11) is 0. The van der Waals surface area contributed by atoms with Gasteiger partial charge in [-0.1, -0.05) is 29.4 Å². The Balaban J connectivity index is 1.79. The molecule has 0 atom stereocenters. The van der Waals surface area contributed by atoms with Gasteiger partial charge in [-0.15, -0.1) is 0 Å². The van der Waals surface area contributed by atoms with Gasteiger partial charge in [0, 0.05) is 22.7 Å². The van der Waals surface area contributed by atoms with E-state index in [9.17, 15) is 4.79 Å². The fourth-order valence-electron chi connectivity index (χ4n) is 2.44. The van der Waals surface area contributed by atoms with Crippen molar-refractivity contribution in [3.8, 4) is 11.3 Å². The molecular formula is C16H15ClN2O3. The number of aromatic nitrogens is 1. The topological polar surface area (TPSA) is 55.6 Å². The van der Waals surface area contributed by atoms with Gasteiger partial charge >= 0.3 is 6.09 Å². The van der Waals surface area contributed by atoms with E-state index >= 15 is 0 Å². The van der Waals surface area contributed by atoms with E-state index in [-0.39, 0.29) is 12.7 Å². The molecule has 0 fully saturated rings. The van der Waals surface area contributed by atoms with E-state index in [0.29, 0.717) is 24.5 Å². The van der Waals surface area contributed by atoms with Gasteiger partial charge in [0.2, 0.25) is 0 Å². The lowest BCUT2D eigenvalue weighted by atomic mass is 10.0. The summed E-state index contributed by atoms with van der Waals surface area (Å²) in [5, 5.41) is 4.77. The van der Waals surface area contributed by atoms with Crippen LogP contribution in [-0.2, 0) is 17.7 Å². The van der Waals surface area contributed by atoms with Gasteiger partial charge in [-0.2, -0.15) is 0 Å². The molecule has 1 aliphatic rings. The van der Waals surface area contributed by atoms with Crippen LogP contribution >= 0.6 is 11.6 Å². The number of rotatable bonds is 3. The second-order valence-electron chi connectivity index (χ2n) is 4.98. The minimum atomic E-state index is -0.360. The quantitative estimate of drug-likeness (QED) is 0.810. The number of carbonyl (C=O) groups is 1. The van der Waals surface area contributed by atoms with E-state index in [2.05, 4.69) is 11.7 Å². The number of halogens is 1. The maximum Gasteiger partial charge on any atom is 0.410 e. The van der Waals surface area contributed by atoms with Crippen molar-refractivity contribution in [3.63, 3.8) is 0 Å². The molecule has 0 saturated carbocycles. The van der Waals surface area contributed by atoms with Crippen molar-refractivity contribution < 1.29 is 14.1 Å². The van der Waals surface area contributed by atoms with Crippen LogP contribution in [0.1, 0.15) is 11.3 Å². The minimum Gasteiger partial charge on any atom is -0.445 e. The maximum atomic E-state index is 11.9. The van der Waals surface area contributed by atoms with Crippen LogP contribution in [-0.4, -0.2) is 29.3 Å². The van der Waals surface area contributed by atoms with Gasteiger partial charge in [-0.3, -0.25) is 0 Å². The number of hydrogen-bond donors (Lipinski definition) is 0. The van der Waals surface area contributed by atoms with Crippen molar-refractivity contribution in [2.75, 3.05) is 13.2 Å². The largest absolute Gasteiger partial charge is 0.445 e. The number of carbonyl (C=O) groups excluding carboxylic acids is 1. The Morgan fingerprint density at radius 3 is 2.95 bits per heavy atom. The molecule has 3 rings (SSSR count). The molecular weight excluding hydrogens is 304 g/mol. The van der Waals surface area contributed by atoms with Gasteiger partial charge in [0.1, 0.15) is 12.3 Å². The molecule has 1 amide bonds. The summed E-state index contributed by atoms with van der Waals surface area (Å²) in [5.74, 6) is 0.741. The van der Waals surface area contributed by atoms with Gasteiger partial charge in [0.15, 0.2) is 5.76 Å². The zero-order valence-corrected chi connectivity index (χ0v) is 12.7. The lowest BCUT2D eigenvalue weighted by molar-refractivity contribution is 0.107. The third-order valence-corrected chi connectivity index (χ3v) is 3.78. The molecule has 6 heteroatoms. The monoisotopic (exact) mass is 318 g/mol. The molecule has 1 aromatic carbocycles. The Morgan fingerprint density at radius 1 is 1.45 bits per heavy atom. The number of amides is 1. The highest BCUT2D eigenvalue weighted by molar-refractivity contribution is 6.30. The Hall–Kier alpha value is -2.27. The molecule has 0 radical (unpaired) electrons. The zero-order valence-electron chi connectivity index (χ0n) is 11.9. The number of nitrogens with zero attached hydrogens (tertiary/aromatic N) is 2. The highest BCUT2D eigenvalue weighted by Gasteiger charge is 2.27. The van der Waals surface area contributed by atoms with Crippen LogP contribution in [0.5, 0.6) is 0 Å². The number of benzene rings is 1. The second kappa shape index (κ2) is 6.23. The maximum absolute atomic E-state index is 11.9. The first kappa shape index (κ1) is 14.7. The Labute approximate surface area is 133 Å². The molecule has 0 aliphatic carbocycles. The second-order valence-corrected chi connectivity index (χ2v) is 5.42. The van der Waals surface area contributed by atoms with Crippen LogP contribution in [0.15, 0.2) is 41.4 Å². The Kier molecular flexibility index (Phi) is 4.15. The molecule has 114 valence electrons. The van der Waals surface area contributed by atoms with Crippen molar-refractivity contribution >= 4 is 17.7 Å². The molecule has 0 spiro atoms. The molecule has 5 nitrogen and oxygen atoms in total. The van der Waals surface area contributed by atoms with Crippen LogP contribution in [0.25, 0.3) is 11.3 Å². The normalized spacial score (nSPS) is 13.6. The molecule has 0 N–H and O–H groups in total. The first-order valence-corrected chi connectivity index (χ1v) is 7.33. The van der Waals surface area contributed by atoms with Crippen LogP contribution < -0.4 is 0 Å². The first-order valence-electron chi connectivity index (χ1n) is 6.95. The summed E-state index contributed by atoms with van der Waals surface area (Å²) in [6.07, 6.45) is 1.86. The Morgan fingerprint density at radius 2 is 2.23 bits per heavy atom. The van der Waals surface area contributed by atoms with Gasteiger partial charge in [-0.05, 0) is 30.7 Å². The third kappa shape index (κ3) is 2.85. The average molecular weight is 319 g/mol. The average Bonchev–Trinajstić information content (AvgIpc) is 2.96. The summed E-state index contributed by atoms with van der Waals surface area (Å²) in [6.45, 7) is 4.70. The van der Waals surface area contributed by atoms with E-state index in [1.807, 2.05) is 24.3 Å². The van der Waals surface area contributed by atoms with Gasteiger partial charge in [-0.25, -0.2) is 4.79 Å². The van der Waals surface area contributed by atoms with E-state index in [0.717, 1.165) is 22.6 Å². The predicted octanol–water partition coefficient (Wildman–Crippen LogP) is 3.68. The van der Waals surface area contributed by atoms with Crippen molar-refractivity contribution in [1.82, 2.24) is 10.1 Å². The molecule has 22 heavy (non-hydrogen) atoms. The van der Waals surface area contributed by atoms with Crippen molar-refractivity contribution in [3.05, 3.63) is 53.2 Å². The van der Waals surface area contributed by atoms with Gasteiger partial charge in [0.25, 0.3) is 0 Å².